The van der Waals surface area contributed by atoms with E-state index in [0.29, 0.717) is 0 Å². The second-order valence-electron chi connectivity index (χ2n) is 8.92. The van der Waals surface area contributed by atoms with Crippen molar-refractivity contribution in [1.82, 2.24) is 0 Å². The van der Waals surface area contributed by atoms with Crippen LogP contribution in [-0.4, -0.2) is 78.2 Å². The summed E-state index contributed by atoms with van der Waals surface area (Å²) in [5.41, 5.74) is -4.40. The van der Waals surface area contributed by atoms with Crippen LogP contribution >= 0.6 is 0 Å². The number of rotatable bonds is 2. The summed E-state index contributed by atoms with van der Waals surface area (Å²) >= 11 is 0. The maximum absolute atomic E-state index is 13.6. The zero-order valence-electron chi connectivity index (χ0n) is 17.6. The maximum atomic E-state index is 13.6. The van der Waals surface area contributed by atoms with E-state index < -0.39 is 88.8 Å². The molecule has 0 radical (unpaired) electrons. The molecule has 2 aliphatic carbocycles. The molecule has 2 bridgehead atoms. The van der Waals surface area contributed by atoms with Crippen molar-refractivity contribution in [2.24, 2.45) is 0 Å². The van der Waals surface area contributed by atoms with Gasteiger partial charge in [-0.05, 0) is 13.8 Å². The summed E-state index contributed by atoms with van der Waals surface area (Å²) in [4.78, 5) is 38.2. The number of Topliss-reactive ketones (excluding diaryl/α,β-unsaturated/α-hetero) is 2. The number of fused-ring (bicyclic) bond motifs is 4. The lowest BCUT2D eigenvalue weighted by Crippen LogP contribution is -2.66. The van der Waals surface area contributed by atoms with Gasteiger partial charge in [0.15, 0.2) is 11.6 Å². The summed E-state index contributed by atoms with van der Waals surface area (Å²) in [6, 6.07) is 0. The average molecular weight is 462 g/mol. The summed E-state index contributed by atoms with van der Waals surface area (Å²) in [5.74, 6) is -4.61. The first-order valence-electron chi connectivity index (χ1n) is 10.5. The average Bonchev–Trinajstić information content (AvgIpc) is 2.72. The Balaban J connectivity index is 1.76. The zero-order chi connectivity index (χ0) is 24.1. The molecule has 3 aliphatic heterocycles. The summed E-state index contributed by atoms with van der Waals surface area (Å²) in [7, 11) is 0. The van der Waals surface area contributed by atoms with Crippen LogP contribution in [0.5, 0.6) is 11.5 Å². The maximum Gasteiger partial charge on any atom is 0.306 e. The number of aliphatic hydroxyl groups is 3. The first kappa shape index (κ1) is 22.0. The largest absolute Gasteiger partial charge is 0.507 e. The smallest absolute Gasteiger partial charge is 0.306 e. The third-order valence-corrected chi connectivity index (χ3v) is 7.18. The van der Waals surface area contributed by atoms with E-state index in [1.807, 2.05) is 0 Å². The molecule has 11 nitrogen and oxygen atoms in total. The molecule has 1 aromatic carbocycles. The number of ether oxygens (including phenoxy) is 2. The lowest BCUT2D eigenvalue weighted by Gasteiger charge is -2.52. The minimum Gasteiger partial charge on any atom is -0.507 e. The van der Waals surface area contributed by atoms with E-state index >= 15 is 0 Å². The molecule has 3 heterocycles. The Morgan fingerprint density at radius 2 is 1.64 bits per heavy atom. The summed E-state index contributed by atoms with van der Waals surface area (Å²) in [6.45, 7) is 2.88. The number of hydrogen-bond donors (Lipinski definition) is 6. The van der Waals surface area contributed by atoms with Gasteiger partial charge in [0.2, 0.25) is 0 Å². The second-order valence-corrected chi connectivity index (χ2v) is 8.92. The van der Waals surface area contributed by atoms with Crippen molar-refractivity contribution in [3.05, 3.63) is 33.4 Å². The van der Waals surface area contributed by atoms with Crippen LogP contribution in [0.3, 0.4) is 0 Å². The fourth-order valence-electron chi connectivity index (χ4n) is 5.65. The minimum absolute atomic E-state index is 0.153. The van der Waals surface area contributed by atoms with Crippen LogP contribution in [0, 0.1) is 0 Å². The van der Waals surface area contributed by atoms with E-state index in [9.17, 15) is 39.9 Å². The van der Waals surface area contributed by atoms with Crippen LogP contribution in [0.2, 0.25) is 0 Å². The van der Waals surface area contributed by atoms with Gasteiger partial charge in [-0.25, -0.2) is 0 Å². The number of carbonyl (C=O) groups excluding carboxylic acids is 2. The lowest BCUT2D eigenvalue weighted by atomic mass is 9.63. The van der Waals surface area contributed by atoms with Gasteiger partial charge < -0.3 is 40.1 Å². The fourth-order valence-corrected chi connectivity index (χ4v) is 5.65. The van der Waals surface area contributed by atoms with Gasteiger partial charge in [-0.1, -0.05) is 0 Å². The predicted molar refractivity (Wildman–Crippen MR) is 106 cm³/mol. The topological polar surface area (TPSA) is 191 Å². The molecule has 33 heavy (non-hydrogen) atoms. The number of aliphatic carboxylic acids is 1. The summed E-state index contributed by atoms with van der Waals surface area (Å²) in [5, 5.41) is 63.6. The Labute approximate surface area is 186 Å². The van der Waals surface area contributed by atoms with Crippen LogP contribution in [0.25, 0.3) is 0 Å². The zero-order valence-corrected chi connectivity index (χ0v) is 17.6. The number of hydrogen-bond acceptors (Lipinski definition) is 10. The van der Waals surface area contributed by atoms with E-state index in [4.69, 9.17) is 14.6 Å². The van der Waals surface area contributed by atoms with Crippen molar-refractivity contribution in [2.75, 3.05) is 0 Å². The normalized spacial score (nSPS) is 37.0. The van der Waals surface area contributed by atoms with Crippen molar-refractivity contribution >= 4 is 17.5 Å². The van der Waals surface area contributed by atoms with E-state index in [1.165, 1.54) is 13.8 Å². The number of carbonyl (C=O) groups is 3. The molecule has 6 N–H and O–H groups in total. The molecule has 5 aliphatic rings. The van der Waals surface area contributed by atoms with Gasteiger partial charge >= 0.3 is 5.97 Å². The van der Waals surface area contributed by atoms with Crippen LogP contribution < -0.4 is 0 Å². The molecule has 0 amide bonds. The highest BCUT2D eigenvalue weighted by molar-refractivity contribution is 6.30. The van der Waals surface area contributed by atoms with Crippen LogP contribution in [0.15, 0.2) is 11.1 Å². The van der Waals surface area contributed by atoms with Crippen molar-refractivity contribution in [3.63, 3.8) is 0 Å². The quantitative estimate of drug-likeness (QED) is 0.325. The number of ketones is 2. The highest BCUT2D eigenvalue weighted by atomic mass is 16.5. The molecule has 1 aromatic rings. The highest BCUT2D eigenvalue weighted by Gasteiger charge is 2.62. The SMILES string of the molecule is CC1OC2CC(O)C1(O)C1=C2C(=O)c2c(O)c3c(c(O)c2C1=O)[C@H](C)O[C@@H](CC(=O)O)[C@H]3O. The number of phenolic OH excluding ortho intramolecular Hbond substituents is 2. The van der Waals surface area contributed by atoms with Gasteiger partial charge in [-0.2, -0.15) is 0 Å². The Kier molecular flexibility index (Phi) is 4.56. The first-order chi connectivity index (χ1) is 15.4. The molecule has 7 atom stereocenters. The molecule has 6 rings (SSSR count). The molecule has 1 saturated heterocycles. The minimum atomic E-state index is -2.19. The summed E-state index contributed by atoms with van der Waals surface area (Å²) in [6.07, 6.45) is -8.21. The Morgan fingerprint density at radius 1 is 1.03 bits per heavy atom. The third-order valence-electron chi connectivity index (χ3n) is 7.18. The predicted octanol–water partition coefficient (Wildman–Crippen LogP) is 0.0243. The van der Waals surface area contributed by atoms with E-state index in [1.54, 1.807) is 0 Å². The van der Waals surface area contributed by atoms with Gasteiger partial charge in [-0.15, -0.1) is 0 Å². The fraction of sp³-hybridized carbons (Fsp3) is 0.500. The number of carboxylic acids is 1. The van der Waals surface area contributed by atoms with E-state index in [-0.39, 0.29) is 28.7 Å². The van der Waals surface area contributed by atoms with Crippen LogP contribution in [0.4, 0.5) is 0 Å². The third kappa shape index (κ3) is 2.59. The highest BCUT2D eigenvalue weighted by Crippen LogP contribution is 2.55. The van der Waals surface area contributed by atoms with Gasteiger partial charge in [0.1, 0.15) is 23.2 Å². The number of aromatic hydroxyl groups is 2. The van der Waals surface area contributed by atoms with E-state index in [0.717, 1.165) is 0 Å². The second kappa shape index (κ2) is 6.84. The van der Waals surface area contributed by atoms with Gasteiger partial charge in [-0.3, -0.25) is 14.4 Å². The van der Waals surface area contributed by atoms with Crippen molar-refractivity contribution < 1.29 is 54.5 Å². The molecule has 0 saturated carbocycles. The monoisotopic (exact) mass is 462 g/mol. The summed E-state index contributed by atoms with van der Waals surface area (Å²) < 4.78 is 11.1. The van der Waals surface area contributed by atoms with E-state index in [2.05, 4.69) is 0 Å². The van der Waals surface area contributed by atoms with Gasteiger partial charge in [0.25, 0.3) is 0 Å². The Morgan fingerprint density at radius 3 is 2.24 bits per heavy atom. The molecule has 1 fully saturated rings. The standard InChI is InChI=1S/C22H22O11/c1-5-11-13(17(26)8(32-5)4-10(24)25)20(29)14-15(18(11)27)21(30)16-12(19(14)28)7-3-9(23)22(16,31)6(2)33-7/h5-9,17,23,26-27,29,31H,3-4H2,1-2H3,(H,24,25)/t5-,6?,7?,8-,9?,17+,22?/m0/s1. The van der Waals surface area contributed by atoms with Crippen molar-refractivity contribution in [3.8, 4) is 11.5 Å². The molecular formula is C22H22O11. The molecule has 0 spiro atoms. The molecule has 11 heteroatoms. The van der Waals surface area contributed by atoms with Crippen molar-refractivity contribution in [2.45, 2.75) is 68.9 Å². The number of phenols is 2. The molecule has 4 unspecified atom stereocenters. The van der Waals surface area contributed by atoms with Gasteiger partial charge in [0.05, 0.1) is 48.1 Å². The number of aliphatic hydroxyl groups excluding tert-OH is 2. The Hall–Kier alpha value is -2.83. The molecular weight excluding hydrogens is 440 g/mol. The van der Waals surface area contributed by atoms with Crippen LogP contribution in [-0.2, 0) is 14.3 Å². The number of carboxylic acid groups (broad SMARTS) is 1. The van der Waals surface area contributed by atoms with Crippen molar-refractivity contribution in [1.29, 1.82) is 0 Å². The first-order valence-corrected chi connectivity index (χ1v) is 10.5. The van der Waals surface area contributed by atoms with Crippen LogP contribution in [0.1, 0.15) is 70.7 Å². The Bertz CT molecular complexity index is 1150. The lowest BCUT2D eigenvalue weighted by molar-refractivity contribution is -0.207. The molecule has 176 valence electrons. The number of benzene rings is 1. The molecule has 0 aromatic heterocycles. The van der Waals surface area contributed by atoms with Gasteiger partial charge in [0, 0.05) is 28.7 Å².